The van der Waals surface area contributed by atoms with Crippen molar-refractivity contribution < 1.29 is 9.32 Å². The van der Waals surface area contributed by atoms with Crippen molar-refractivity contribution in [3.05, 3.63) is 35.2 Å². The fraction of sp³-hybridized carbons (Fsp3) is 0.632. The molecule has 0 radical (unpaired) electrons. The molecule has 6 nitrogen and oxygen atoms in total. The molecule has 134 valence electrons. The van der Waals surface area contributed by atoms with Crippen LogP contribution in [0, 0.1) is 6.92 Å². The Morgan fingerprint density at radius 3 is 2.72 bits per heavy atom. The Kier molecular flexibility index (Phi) is 4.36. The SMILES string of the molecule is Cc1cn(C)c([C@H]2CCN(C(=O)c3cc(C4CCCCC4)no3)C2)n1. The molecule has 3 heterocycles. The summed E-state index contributed by atoms with van der Waals surface area (Å²) in [6, 6.07) is 1.87. The zero-order valence-corrected chi connectivity index (χ0v) is 15.1. The van der Waals surface area contributed by atoms with Crippen LogP contribution in [0.5, 0.6) is 0 Å². The second-order valence-corrected chi connectivity index (χ2v) is 7.54. The molecule has 0 bridgehead atoms. The normalized spacial score (nSPS) is 21.8. The predicted molar refractivity (Wildman–Crippen MR) is 93.5 cm³/mol. The summed E-state index contributed by atoms with van der Waals surface area (Å²) in [6.07, 6.45) is 9.10. The third kappa shape index (κ3) is 3.22. The van der Waals surface area contributed by atoms with E-state index in [1.54, 1.807) is 0 Å². The van der Waals surface area contributed by atoms with Crippen LogP contribution in [-0.2, 0) is 7.05 Å². The van der Waals surface area contributed by atoms with Crippen LogP contribution in [0.15, 0.2) is 16.8 Å². The lowest BCUT2D eigenvalue weighted by Crippen LogP contribution is -2.28. The van der Waals surface area contributed by atoms with Gasteiger partial charge in [-0.05, 0) is 26.2 Å². The van der Waals surface area contributed by atoms with Crippen LogP contribution in [0.3, 0.4) is 0 Å². The highest BCUT2D eigenvalue weighted by molar-refractivity contribution is 5.91. The van der Waals surface area contributed by atoms with Gasteiger partial charge in [-0.25, -0.2) is 4.98 Å². The van der Waals surface area contributed by atoms with Gasteiger partial charge in [0.1, 0.15) is 5.82 Å². The van der Waals surface area contributed by atoms with Gasteiger partial charge >= 0.3 is 0 Å². The van der Waals surface area contributed by atoms with Crippen LogP contribution >= 0.6 is 0 Å². The number of nitrogens with zero attached hydrogens (tertiary/aromatic N) is 4. The van der Waals surface area contributed by atoms with E-state index in [0.29, 0.717) is 24.1 Å². The van der Waals surface area contributed by atoms with Gasteiger partial charge in [0.05, 0.1) is 11.4 Å². The van der Waals surface area contributed by atoms with Gasteiger partial charge in [-0.3, -0.25) is 4.79 Å². The number of aromatic nitrogens is 3. The molecule has 0 aromatic carbocycles. The number of likely N-dealkylation sites (tertiary alicyclic amines) is 1. The average Bonchev–Trinajstić information content (AvgIpc) is 3.34. The molecule has 2 aromatic rings. The third-order valence-corrected chi connectivity index (χ3v) is 5.64. The van der Waals surface area contributed by atoms with Gasteiger partial charge in [0, 0.05) is 44.2 Å². The van der Waals surface area contributed by atoms with E-state index in [-0.39, 0.29) is 5.91 Å². The standard InChI is InChI=1S/C19H26N4O2/c1-13-11-22(2)18(20-13)15-8-9-23(12-15)19(24)17-10-16(21-25-17)14-6-4-3-5-7-14/h10-11,14-15H,3-9,12H2,1-2H3/t15-/m0/s1. The molecule has 2 fully saturated rings. The second-order valence-electron chi connectivity index (χ2n) is 7.54. The lowest BCUT2D eigenvalue weighted by Gasteiger charge is -2.18. The third-order valence-electron chi connectivity index (χ3n) is 5.64. The summed E-state index contributed by atoms with van der Waals surface area (Å²) in [5, 5.41) is 4.19. The van der Waals surface area contributed by atoms with Gasteiger partial charge in [0.2, 0.25) is 5.76 Å². The van der Waals surface area contributed by atoms with Crippen LogP contribution in [-0.4, -0.2) is 38.6 Å². The quantitative estimate of drug-likeness (QED) is 0.857. The largest absolute Gasteiger partial charge is 0.351 e. The smallest absolute Gasteiger partial charge is 0.292 e. The van der Waals surface area contributed by atoms with E-state index >= 15 is 0 Å². The maximum absolute atomic E-state index is 12.8. The summed E-state index contributed by atoms with van der Waals surface area (Å²) in [6.45, 7) is 3.44. The van der Waals surface area contributed by atoms with E-state index in [9.17, 15) is 4.79 Å². The monoisotopic (exact) mass is 342 g/mol. The Morgan fingerprint density at radius 2 is 2.00 bits per heavy atom. The Hall–Kier alpha value is -2.11. The number of imidazole rings is 1. The molecule has 1 saturated heterocycles. The molecular formula is C19H26N4O2. The summed E-state index contributed by atoms with van der Waals surface area (Å²) >= 11 is 0. The number of aryl methyl sites for hydroxylation is 2. The van der Waals surface area contributed by atoms with Crippen LogP contribution < -0.4 is 0 Å². The molecule has 1 saturated carbocycles. The van der Waals surface area contributed by atoms with Crippen molar-refractivity contribution in [2.45, 2.75) is 57.3 Å². The first-order chi connectivity index (χ1) is 12.1. The Balaban J connectivity index is 1.43. The van der Waals surface area contributed by atoms with Crippen molar-refractivity contribution in [2.24, 2.45) is 7.05 Å². The molecule has 1 atom stereocenters. The molecule has 1 aliphatic heterocycles. The summed E-state index contributed by atoms with van der Waals surface area (Å²) in [5.41, 5.74) is 1.98. The first-order valence-electron chi connectivity index (χ1n) is 9.37. The van der Waals surface area contributed by atoms with Crippen LogP contribution in [0.4, 0.5) is 0 Å². The molecule has 2 aliphatic rings. The lowest BCUT2D eigenvalue weighted by atomic mass is 9.87. The van der Waals surface area contributed by atoms with Crippen molar-refractivity contribution >= 4 is 5.91 Å². The fourth-order valence-corrected chi connectivity index (χ4v) is 4.31. The summed E-state index contributed by atoms with van der Waals surface area (Å²) in [4.78, 5) is 19.3. The Labute approximate surface area is 148 Å². The topological polar surface area (TPSA) is 64.2 Å². The molecule has 0 spiro atoms. The first kappa shape index (κ1) is 16.4. The van der Waals surface area contributed by atoms with Gasteiger partial charge in [-0.1, -0.05) is 24.4 Å². The molecule has 1 aliphatic carbocycles. The maximum atomic E-state index is 12.8. The van der Waals surface area contributed by atoms with E-state index in [2.05, 4.69) is 14.7 Å². The molecule has 25 heavy (non-hydrogen) atoms. The number of hydrogen-bond donors (Lipinski definition) is 0. The highest BCUT2D eigenvalue weighted by Gasteiger charge is 2.32. The zero-order chi connectivity index (χ0) is 17.4. The minimum atomic E-state index is -0.0389. The lowest BCUT2D eigenvalue weighted by molar-refractivity contribution is 0.0748. The van der Waals surface area contributed by atoms with Gasteiger partial charge < -0.3 is 14.0 Å². The van der Waals surface area contributed by atoms with Crippen molar-refractivity contribution in [2.75, 3.05) is 13.1 Å². The molecule has 0 N–H and O–H groups in total. The first-order valence-corrected chi connectivity index (χ1v) is 9.37. The molecular weight excluding hydrogens is 316 g/mol. The minimum absolute atomic E-state index is 0.0389. The van der Waals surface area contributed by atoms with Crippen LogP contribution in [0.1, 0.15) is 78.1 Å². The fourth-order valence-electron chi connectivity index (χ4n) is 4.31. The molecule has 4 rings (SSSR count). The zero-order valence-electron chi connectivity index (χ0n) is 15.1. The maximum Gasteiger partial charge on any atom is 0.292 e. The van der Waals surface area contributed by atoms with E-state index < -0.39 is 0 Å². The van der Waals surface area contributed by atoms with Gasteiger partial charge in [0.15, 0.2) is 0 Å². The van der Waals surface area contributed by atoms with Crippen molar-refractivity contribution in [1.82, 2.24) is 19.6 Å². The molecule has 2 aromatic heterocycles. The predicted octanol–water partition coefficient (Wildman–Crippen LogP) is 3.39. The van der Waals surface area contributed by atoms with Crippen molar-refractivity contribution in [3.63, 3.8) is 0 Å². The van der Waals surface area contributed by atoms with E-state index in [1.165, 1.54) is 19.3 Å². The summed E-state index contributed by atoms with van der Waals surface area (Å²) in [7, 11) is 2.02. The summed E-state index contributed by atoms with van der Waals surface area (Å²) in [5.74, 6) is 2.16. The average molecular weight is 342 g/mol. The van der Waals surface area contributed by atoms with Gasteiger partial charge in [-0.2, -0.15) is 0 Å². The number of hydrogen-bond acceptors (Lipinski definition) is 4. The highest BCUT2D eigenvalue weighted by Crippen LogP contribution is 2.33. The van der Waals surface area contributed by atoms with Crippen molar-refractivity contribution in [1.29, 1.82) is 0 Å². The van der Waals surface area contributed by atoms with Crippen molar-refractivity contribution in [3.8, 4) is 0 Å². The molecule has 6 heteroatoms. The number of amides is 1. The van der Waals surface area contributed by atoms with Crippen LogP contribution in [0.2, 0.25) is 0 Å². The highest BCUT2D eigenvalue weighted by atomic mass is 16.5. The van der Waals surface area contributed by atoms with Crippen LogP contribution in [0.25, 0.3) is 0 Å². The number of carbonyl (C=O) groups is 1. The van der Waals surface area contributed by atoms with E-state index in [1.807, 2.05) is 31.1 Å². The Morgan fingerprint density at radius 1 is 1.20 bits per heavy atom. The Bertz CT molecular complexity index is 757. The summed E-state index contributed by atoms with van der Waals surface area (Å²) < 4.78 is 7.47. The van der Waals surface area contributed by atoms with Gasteiger partial charge in [0.25, 0.3) is 5.91 Å². The number of carbonyl (C=O) groups excluding carboxylic acids is 1. The van der Waals surface area contributed by atoms with E-state index in [4.69, 9.17) is 4.52 Å². The van der Waals surface area contributed by atoms with E-state index in [0.717, 1.165) is 43.0 Å². The number of rotatable bonds is 3. The minimum Gasteiger partial charge on any atom is -0.351 e. The molecule has 1 amide bonds. The molecule has 0 unspecified atom stereocenters. The second kappa shape index (κ2) is 6.65. The van der Waals surface area contributed by atoms with Gasteiger partial charge in [-0.15, -0.1) is 0 Å².